The molecular weight excluding hydrogens is 158 g/mol. The van der Waals surface area contributed by atoms with Gasteiger partial charge in [-0.05, 0) is 5.56 Å². The number of hydrogen-bond acceptors (Lipinski definition) is 3. The van der Waals surface area contributed by atoms with Crippen LogP contribution in [0, 0.1) is 5.21 Å². The number of rotatable bonds is 3. The van der Waals surface area contributed by atoms with Crippen LogP contribution in [0.2, 0.25) is 0 Å². The van der Waals surface area contributed by atoms with Crippen molar-refractivity contribution in [3.05, 3.63) is 41.1 Å². The van der Waals surface area contributed by atoms with Crippen LogP contribution < -0.4 is 5.48 Å². The van der Waals surface area contributed by atoms with E-state index in [1.54, 1.807) is 30.3 Å². The van der Waals surface area contributed by atoms with E-state index in [1.807, 2.05) is 0 Å². The van der Waals surface area contributed by atoms with Gasteiger partial charge in [0.15, 0.2) is 0 Å². The first-order chi connectivity index (χ1) is 5.75. The fraction of sp³-hybridized carbons (Fsp3) is 0.125. The van der Waals surface area contributed by atoms with Crippen LogP contribution >= 0.6 is 0 Å². The highest BCUT2D eigenvalue weighted by molar-refractivity contribution is 5.75. The zero-order valence-electron chi connectivity index (χ0n) is 6.23. The molecule has 0 spiro atoms. The Bertz CT molecular complexity index is 260. The molecule has 0 aliphatic heterocycles. The van der Waals surface area contributed by atoms with Crippen molar-refractivity contribution in [2.45, 2.75) is 6.04 Å². The first kappa shape index (κ1) is 8.70. The highest BCUT2D eigenvalue weighted by Crippen LogP contribution is 2.11. The number of carbonyl (C=O) groups is 1. The number of hydrogen-bond donors (Lipinski definition) is 2. The van der Waals surface area contributed by atoms with Gasteiger partial charge in [-0.1, -0.05) is 30.3 Å². The van der Waals surface area contributed by atoms with Crippen LogP contribution in [-0.4, -0.2) is 11.1 Å². The van der Waals surface area contributed by atoms with Crippen LogP contribution in [0.1, 0.15) is 11.6 Å². The van der Waals surface area contributed by atoms with E-state index in [2.05, 4.69) is 0 Å². The molecule has 0 saturated heterocycles. The summed E-state index contributed by atoms with van der Waals surface area (Å²) in [5.41, 5.74) is 1.93. The quantitative estimate of drug-likeness (QED) is 0.654. The average molecular weight is 166 g/mol. The summed E-state index contributed by atoms with van der Waals surface area (Å²) in [6, 6.07) is 7.14. The third-order valence-corrected chi connectivity index (χ3v) is 1.50. The van der Waals surface area contributed by atoms with Gasteiger partial charge in [0.05, 0.1) is 0 Å². The minimum Gasteiger partial charge on any atom is -0.787 e. The van der Waals surface area contributed by atoms with Crippen molar-refractivity contribution in [2.75, 3.05) is 0 Å². The molecule has 2 N–H and O–H groups in total. The molecule has 0 bridgehead atoms. The Labute approximate surface area is 69.4 Å². The first-order valence-corrected chi connectivity index (χ1v) is 3.41. The van der Waals surface area contributed by atoms with E-state index >= 15 is 0 Å². The molecule has 4 heteroatoms. The molecule has 0 aromatic heterocycles. The monoisotopic (exact) mass is 166 g/mol. The molecule has 64 valence electrons. The molecule has 1 unspecified atom stereocenters. The average Bonchev–Trinajstić information content (AvgIpc) is 2.07. The Morgan fingerprint density at radius 2 is 2.00 bits per heavy atom. The van der Waals surface area contributed by atoms with Gasteiger partial charge < -0.3 is 15.8 Å². The van der Waals surface area contributed by atoms with Gasteiger partial charge in [-0.2, -0.15) is 0 Å². The van der Waals surface area contributed by atoms with Crippen molar-refractivity contribution in [1.82, 2.24) is 5.48 Å². The number of benzene rings is 1. The molecule has 0 radical (unpaired) electrons. The summed E-state index contributed by atoms with van der Waals surface area (Å²) in [4.78, 5) is 10.5. The number of carboxylic acids is 1. The molecule has 0 amide bonds. The number of hydroxylamine groups is 1. The fourth-order valence-electron chi connectivity index (χ4n) is 0.907. The Morgan fingerprint density at radius 3 is 2.42 bits per heavy atom. The molecule has 0 aliphatic rings. The summed E-state index contributed by atoms with van der Waals surface area (Å²) < 4.78 is 0. The van der Waals surface area contributed by atoms with Crippen molar-refractivity contribution in [1.29, 1.82) is 0 Å². The summed E-state index contributed by atoms with van der Waals surface area (Å²) in [6.07, 6.45) is 0. The summed E-state index contributed by atoms with van der Waals surface area (Å²) >= 11 is 0. The summed E-state index contributed by atoms with van der Waals surface area (Å²) in [6.45, 7) is 0. The molecule has 1 rings (SSSR count). The number of aliphatic carboxylic acids is 1. The van der Waals surface area contributed by atoms with E-state index < -0.39 is 12.0 Å². The molecule has 1 aromatic rings. The molecule has 0 aliphatic carbocycles. The SMILES string of the molecule is O=C(O)C(N[O-])c1ccccc1. The van der Waals surface area contributed by atoms with Gasteiger partial charge in [0, 0.05) is 0 Å². The molecule has 0 heterocycles. The molecular formula is C8H8NO3-. The third kappa shape index (κ3) is 1.81. The largest absolute Gasteiger partial charge is 0.787 e. The van der Waals surface area contributed by atoms with E-state index in [-0.39, 0.29) is 0 Å². The van der Waals surface area contributed by atoms with E-state index in [4.69, 9.17) is 5.11 Å². The maximum absolute atomic E-state index is 10.5. The van der Waals surface area contributed by atoms with Crippen molar-refractivity contribution < 1.29 is 9.90 Å². The lowest BCUT2D eigenvalue weighted by Crippen LogP contribution is -2.23. The van der Waals surface area contributed by atoms with Gasteiger partial charge in [-0.3, -0.25) is 4.79 Å². The molecule has 4 nitrogen and oxygen atoms in total. The van der Waals surface area contributed by atoms with Crippen LogP contribution in [0.15, 0.2) is 30.3 Å². The van der Waals surface area contributed by atoms with E-state index in [9.17, 15) is 10.0 Å². The molecule has 0 fully saturated rings. The number of carboxylic acid groups (broad SMARTS) is 1. The maximum atomic E-state index is 10.5. The lowest BCUT2D eigenvalue weighted by atomic mass is 10.1. The fourth-order valence-corrected chi connectivity index (χ4v) is 0.907. The van der Waals surface area contributed by atoms with E-state index in [0.29, 0.717) is 5.56 Å². The van der Waals surface area contributed by atoms with Gasteiger partial charge in [0.25, 0.3) is 0 Å². The minimum atomic E-state index is -1.17. The molecule has 1 atom stereocenters. The van der Waals surface area contributed by atoms with Gasteiger partial charge in [-0.25, -0.2) is 0 Å². The highest BCUT2D eigenvalue weighted by atomic mass is 16.5. The van der Waals surface area contributed by atoms with Crippen molar-refractivity contribution in [3.8, 4) is 0 Å². The normalized spacial score (nSPS) is 12.4. The van der Waals surface area contributed by atoms with Gasteiger partial charge in [-0.15, -0.1) is 0 Å². The Hall–Kier alpha value is -1.39. The highest BCUT2D eigenvalue weighted by Gasteiger charge is 2.13. The Balaban J connectivity index is 2.88. The van der Waals surface area contributed by atoms with Crippen molar-refractivity contribution >= 4 is 5.97 Å². The lowest BCUT2D eigenvalue weighted by Gasteiger charge is -2.17. The van der Waals surface area contributed by atoms with Crippen LogP contribution in [-0.2, 0) is 4.79 Å². The molecule has 12 heavy (non-hydrogen) atoms. The van der Waals surface area contributed by atoms with Crippen molar-refractivity contribution in [3.63, 3.8) is 0 Å². The second-order valence-corrected chi connectivity index (χ2v) is 2.30. The van der Waals surface area contributed by atoms with Gasteiger partial charge >= 0.3 is 5.97 Å². The van der Waals surface area contributed by atoms with Crippen LogP contribution in [0.5, 0.6) is 0 Å². The Kier molecular flexibility index (Phi) is 2.79. The molecule has 0 saturated carbocycles. The third-order valence-electron chi connectivity index (χ3n) is 1.50. The van der Waals surface area contributed by atoms with Crippen LogP contribution in [0.4, 0.5) is 0 Å². The summed E-state index contributed by atoms with van der Waals surface area (Å²) in [5, 5.41) is 18.8. The van der Waals surface area contributed by atoms with E-state index in [0.717, 1.165) is 0 Å². The summed E-state index contributed by atoms with van der Waals surface area (Å²) in [7, 11) is 0. The Morgan fingerprint density at radius 1 is 1.42 bits per heavy atom. The van der Waals surface area contributed by atoms with E-state index in [1.165, 1.54) is 5.48 Å². The first-order valence-electron chi connectivity index (χ1n) is 3.41. The molecule has 1 aromatic carbocycles. The zero-order valence-corrected chi connectivity index (χ0v) is 6.23. The van der Waals surface area contributed by atoms with Gasteiger partial charge in [0.1, 0.15) is 6.04 Å². The van der Waals surface area contributed by atoms with Crippen molar-refractivity contribution in [2.24, 2.45) is 0 Å². The standard InChI is InChI=1S/C8H8NO3/c10-8(11)7(9-12)6-4-2-1-3-5-6/h1-5,7,9H,(H,10,11)/q-1. The minimum absolute atomic E-state index is 0.458. The smallest absolute Gasteiger partial charge is 0.324 e. The maximum Gasteiger partial charge on any atom is 0.324 e. The zero-order chi connectivity index (χ0) is 8.97. The number of nitrogens with one attached hydrogen (secondary N) is 1. The second kappa shape index (κ2) is 3.85. The van der Waals surface area contributed by atoms with Crippen LogP contribution in [0.3, 0.4) is 0 Å². The lowest BCUT2D eigenvalue weighted by molar-refractivity contribution is -0.139. The predicted molar refractivity (Wildman–Crippen MR) is 43.3 cm³/mol. The predicted octanol–water partition coefficient (Wildman–Crippen LogP) is 0.900. The van der Waals surface area contributed by atoms with Gasteiger partial charge in [0.2, 0.25) is 0 Å². The summed E-state index contributed by atoms with van der Waals surface area (Å²) in [5.74, 6) is -1.17. The topological polar surface area (TPSA) is 72.4 Å². The van der Waals surface area contributed by atoms with Crippen LogP contribution in [0.25, 0.3) is 0 Å². The second-order valence-electron chi connectivity index (χ2n) is 2.30.